The maximum absolute atomic E-state index is 10.3. The monoisotopic (exact) mass is 208 g/mol. The van der Waals surface area contributed by atoms with Crippen LogP contribution in [0, 0.1) is 0 Å². The Hall–Kier alpha value is -1.12. The van der Waals surface area contributed by atoms with Crippen molar-refractivity contribution in [1.82, 2.24) is 5.16 Å². The Labute approximate surface area is 74.7 Å². The van der Waals surface area contributed by atoms with Crippen LogP contribution in [-0.2, 0) is 21.1 Å². The number of aromatic nitrogens is 1. The van der Waals surface area contributed by atoms with Crippen molar-refractivity contribution in [3.8, 4) is 5.88 Å². The van der Waals surface area contributed by atoms with Gasteiger partial charge in [-0.05, 0) is 5.16 Å². The Bertz CT molecular complexity index is 370. The molecular weight excluding hydrogens is 200 g/mol. The predicted octanol–water partition coefficient (Wildman–Crippen LogP) is -0.597. The molecule has 0 aliphatic carbocycles. The highest BCUT2D eigenvalue weighted by Gasteiger charge is 2.08. The lowest BCUT2D eigenvalue weighted by Gasteiger charge is -1.94. The van der Waals surface area contributed by atoms with Crippen molar-refractivity contribution in [3.63, 3.8) is 0 Å². The predicted molar refractivity (Wildman–Crippen MR) is 41.0 cm³/mol. The lowest BCUT2D eigenvalue weighted by Crippen LogP contribution is -2.15. The fourth-order valence-corrected chi connectivity index (χ4v) is 0.879. The highest BCUT2D eigenvalue weighted by molar-refractivity contribution is 7.84. The average Bonchev–Trinajstić information content (AvgIpc) is 2.47. The third kappa shape index (κ3) is 3.40. The zero-order chi connectivity index (χ0) is 9.90. The summed E-state index contributed by atoms with van der Waals surface area (Å²) in [5, 5.41) is 8.00. The zero-order valence-corrected chi connectivity index (χ0v) is 7.58. The highest BCUT2D eigenvalue weighted by atomic mass is 32.2. The molecule has 0 aliphatic rings. The topological polar surface area (TPSA) is 105 Å². The minimum Gasteiger partial charge on any atom is -0.479 e. The van der Waals surface area contributed by atoms with Crippen LogP contribution in [0.1, 0.15) is 5.76 Å². The third-order valence-corrected chi connectivity index (χ3v) is 1.56. The first-order chi connectivity index (χ1) is 6.01. The highest BCUT2D eigenvalue weighted by Crippen LogP contribution is 2.11. The van der Waals surface area contributed by atoms with Crippen LogP contribution >= 0.6 is 0 Å². The molecule has 0 spiro atoms. The van der Waals surface area contributed by atoms with E-state index in [1.54, 1.807) is 0 Å². The fraction of sp³-hybridized carbons (Fsp3) is 0.400. The summed E-state index contributed by atoms with van der Waals surface area (Å²) in [6.07, 6.45) is 0. The van der Waals surface area contributed by atoms with Gasteiger partial charge in [0.15, 0.2) is 5.76 Å². The Morgan fingerprint density at radius 1 is 1.69 bits per heavy atom. The first-order valence-corrected chi connectivity index (χ1v) is 4.65. The minimum absolute atomic E-state index is 0.214. The molecule has 1 aromatic rings. The lowest BCUT2D eigenvalue weighted by molar-refractivity contribution is 0.249. The van der Waals surface area contributed by atoms with Gasteiger partial charge in [0.05, 0.1) is 7.11 Å². The van der Waals surface area contributed by atoms with Gasteiger partial charge in [0, 0.05) is 6.07 Å². The van der Waals surface area contributed by atoms with Crippen LogP contribution < -0.4 is 9.88 Å². The van der Waals surface area contributed by atoms with E-state index < -0.39 is 10.3 Å². The number of nitrogens with zero attached hydrogens (tertiary/aromatic N) is 1. The first kappa shape index (κ1) is 9.96. The number of ether oxygens (including phenoxy) is 1. The summed E-state index contributed by atoms with van der Waals surface area (Å²) in [5.41, 5.74) is 0. The average molecular weight is 208 g/mol. The van der Waals surface area contributed by atoms with Gasteiger partial charge in [-0.25, -0.2) is 9.32 Å². The van der Waals surface area contributed by atoms with Gasteiger partial charge >= 0.3 is 10.3 Å². The van der Waals surface area contributed by atoms with Crippen molar-refractivity contribution in [3.05, 3.63) is 11.8 Å². The molecule has 1 rings (SSSR count). The molecule has 0 bridgehead atoms. The Morgan fingerprint density at radius 3 is 2.85 bits per heavy atom. The van der Waals surface area contributed by atoms with E-state index in [0.717, 1.165) is 0 Å². The summed E-state index contributed by atoms with van der Waals surface area (Å²) in [7, 11) is -2.54. The second-order valence-electron chi connectivity index (χ2n) is 2.09. The van der Waals surface area contributed by atoms with Crippen LogP contribution in [0.2, 0.25) is 0 Å². The van der Waals surface area contributed by atoms with E-state index in [-0.39, 0.29) is 18.2 Å². The largest absolute Gasteiger partial charge is 0.479 e. The van der Waals surface area contributed by atoms with Gasteiger partial charge in [0.1, 0.15) is 6.61 Å². The van der Waals surface area contributed by atoms with E-state index in [4.69, 9.17) is 0 Å². The van der Waals surface area contributed by atoms with Crippen LogP contribution in [0.3, 0.4) is 0 Å². The van der Waals surface area contributed by atoms with Gasteiger partial charge < -0.3 is 9.26 Å². The summed E-state index contributed by atoms with van der Waals surface area (Å²) in [5.74, 6) is 0.457. The molecule has 0 saturated heterocycles. The Balaban J connectivity index is 2.55. The smallest absolute Gasteiger partial charge is 0.333 e. The summed E-state index contributed by atoms with van der Waals surface area (Å²) in [6.45, 7) is -0.296. The summed E-state index contributed by atoms with van der Waals surface area (Å²) >= 11 is 0. The molecule has 1 aromatic heterocycles. The van der Waals surface area contributed by atoms with Crippen LogP contribution in [0.5, 0.6) is 5.88 Å². The molecule has 0 aromatic carbocycles. The summed E-state index contributed by atoms with van der Waals surface area (Å²) in [4.78, 5) is 0. The summed E-state index contributed by atoms with van der Waals surface area (Å²) in [6, 6.07) is 1.39. The molecule has 13 heavy (non-hydrogen) atoms. The van der Waals surface area contributed by atoms with Crippen molar-refractivity contribution in [2.75, 3.05) is 7.11 Å². The van der Waals surface area contributed by atoms with Gasteiger partial charge in [-0.1, -0.05) is 0 Å². The van der Waals surface area contributed by atoms with E-state index in [0.29, 0.717) is 0 Å². The zero-order valence-electron chi connectivity index (χ0n) is 6.76. The fourth-order valence-electron chi connectivity index (χ4n) is 0.598. The van der Waals surface area contributed by atoms with Gasteiger partial charge in [-0.3, -0.25) is 0 Å². The molecule has 0 saturated carbocycles. The number of hydrogen-bond donors (Lipinski definition) is 1. The molecule has 8 heteroatoms. The molecule has 2 N–H and O–H groups in total. The Kier molecular flexibility index (Phi) is 2.86. The molecule has 0 atom stereocenters. The first-order valence-electron chi connectivity index (χ1n) is 3.18. The number of nitrogens with two attached hydrogens (primary N) is 1. The molecule has 0 fully saturated rings. The number of methoxy groups -OCH3 is 1. The van der Waals surface area contributed by atoms with Gasteiger partial charge in [0.2, 0.25) is 0 Å². The van der Waals surface area contributed by atoms with Crippen molar-refractivity contribution in [1.29, 1.82) is 0 Å². The van der Waals surface area contributed by atoms with Crippen LogP contribution in [0.4, 0.5) is 0 Å². The van der Waals surface area contributed by atoms with Crippen LogP contribution in [0.25, 0.3) is 0 Å². The maximum atomic E-state index is 10.3. The molecule has 0 aliphatic heterocycles. The molecule has 0 unspecified atom stereocenters. The molecule has 74 valence electrons. The van der Waals surface area contributed by atoms with E-state index >= 15 is 0 Å². The van der Waals surface area contributed by atoms with E-state index in [2.05, 4.69) is 23.7 Å². The van der Waals surface area contributed by atoms with Gasteiger partial charge in [-0.2, -0.15) is 8.42 Å². The Morgan fingerprint density at radius 2 is 2.38 bits per heavy atom. The van der Waals surface area contributed by atoms with Crippen LogP contribution in [-0.4, -0.2) is 20.7 Å². The van der Waals surface area contributed by atoms with Gasteiger partial charge in [-0.15, -0.1) is 0 Å². The van der Waals surface area contributed by atoms with Crippen molar-refractivity contribution >= 4 is 10.3 Å². The molecule has 7 nitrogen and oxygen atoms in total. The molecule has 0 radical (unpaired) electrons. The van der Waals surface area contributed by atoms with Gasteiger partial charge in [0.25, 0.3) is 5.88 Å². The number of rotatable bonds is 4. The quantitative estimate of drug-likeness (QED) is 0.708. The second-order valence-corrected chi connectivity index (χ2v) is 3.31. The van der Waals surface area contributed by atoms with Crippen molar-refractivity contribution < 1.29 is 21.9 Å². The minimum atomic E-state index is -3.95. The normalized spacial score (nSPS) is 11.5. The van der Waals surface area contributed by atoms with E-state index in [9.17, 15) is 8.42 Å². The van der Waals surface area contributed by atoms with Crippen molar-refractivity contribution in [2.24, 2.45) is 5.14 Å². The SMILES string of the molecule is COc1cc(COS(N)(=O)=O)on1. The third-order valence-electron chi connectivity index (χ3n) is 1.11. The van der Waals surface area contributed by atoms with Crippen LogP contribution in [0.15, 0.2) is 10.6 Å². The molecular formula is C5H8N2O5S. The van der Waals surface area contributed by atoms with E-state index in [1.165, 1.54) is 13.2 Å². The standard InChI is InChI=1S/C5H8N2O5S/c1-10-5-2-4(12-7-5)3-11-13(6,8)9/h2H,3H2,1H3,(H2,6,8,9). The second kappa shape index (κ2) is 3.73. The molecule has 1 heterocycles. The lowest BCUT2D eigenvalue weighted by atomic mass is 10.5. The maximum Gasteiger partial charge on any atom is 0.333 e. The van der Waals surface area contributed by atoms with E-state index in [1.807, 2.05) is 0 Å². The van der Waals surface area contributed by atoms with Crippen molar-refractivity contribution in [2.45, 2.75) is 6.61 Å². The molecule has 0 amide bonds. The summed E-state index contributed by atoms with van der Waals surface area (Å²) < 4.78 is 34.2. The number of hydrogen-bond acceptors (Lipinski definition) is 6.